The second-order valence-corrected chi connectivity index (χ2v) is 9.03. The molecule has 1 aliphatic rings. The number of aliphatic imine (C=N–C) groups is 1. The number of carbonyl (C=O) groups is 2. The van der Waals surface area contributed by atoms with E-state index in [9.17, 15) is 14.7 Å². The fourth-order valence-corrected chi connectivity index (χ4v) is 4.16. The van der Waals surface area contributed by atoms with Gasteiger partial charge in [0.1, 0.15) is 12.1 Å². The molecule has 1 aromatic heterocycles. The molecule has 0 bridgehead atoms. The van der Waals surface area contributed by atoms with E-state index in [-0.39, 0.29) is 24.3 Å². The molecule has 0 radical (unpaired) electrons. The van der Waals surface area contributed by atoms with Crippen LogP contribution in [0.25, 0.3) is 11.1 Å². The van der Waals surface area contributed by atoms with Crippen LogP contribution in [-0.4, -0.2) is 64.0 Å². The molecular weight excluding hydrogens is 444 g/mol. The summed E-state index contributed by atoms with van der Waals surface area (Å²) in [6, 6.07) is 9.66. The lowest BCUT2D eigenvalue weighted by Gasteiger charge is -2.29. The van der Waals surface area contributed by atoms with Gasteiger partial charge in [-0.1, -0.05) is 44.2 Å². The molecule has 0 unspecified atom stereocenters. The van der Waals surface area contributed by atoms with Crippen molar-refractivity contribution >= 4 is 23.7 Å². The van der Waals surface area contributed by atoms with Crippen molar-refractivity contribution in [3.8, 4) is 11.1 Å². The first-order valence-corrected chi connectivity index (χ1v) is 11.9. The standard InChI is InChI=1S/C26H34N6O3/c1-17(2)24(29-14-18(3)31-27)26(35)32-13-5-7-23(32)25(34)30-22(16-33)20-10-8-19(9-11-20)21-6-4-12-28-15-21/h4,6,8-12,14-15,17,22-24,33H,5,7,13,16,27H2,1-3H3,(H,30,34)/t22-,23-,24-/m0/s1. The number of carbonyl (C=O) groups excluding carboxylic acids is 2. The number of hydrazone groups is 1. The monoisotopic (exact) mass is 478 g/mol. The van der Waals surface area contributed by atoms with Gasteiger partial charge in [-0.2, -0.15) is 5.10 Å². The highest BCUT2D eigenvalue weighted by Gasteiger charge is 2.38. The van der Waals surface area contributed by atoms with Crippen molar-refractivity contribution in [1.29, 1.82) is 0 Å². The van der Waals surface area contributed by atoms with Gasteiger partial charge in [-0.15, -0.1) is 0 Å². The summed E-state index contributed by atoms with van der Waals surface area (Å²) in [4.78, 5) is 36.6. The van der Waals surface area contributed by atoms with E-state index in [1.165, 1.54) is 6.21 Å². The molecule has 2 amide bonds. The molecule has 0 saturated carbocycles. The Labute approximate surface area is 206 Å². The largest absolute Gasteiger partial charge is 0.394 e. The maximum absolute atomic E-state index is 13.3. The van der Waals surface area contributed by atoms with Crippen LogP contribution in [0.1, 0.15) is 45.2 Å². The van der Waals surface area contributed by atoms with Gasteiger partial charge in [-0.25, -0.2) is 0 Å². The number of amides is 2. The van der Waals surface area contributed by atoms with Gasteiger partial charge < -0.3 is 21.2 Å². The van der Waals surface area contributed by atoms with Crippen LogP contribution in [0.2, 0.25) is 0 Å². The van der Waals surface area contributed by atoms with E-state index < -0.39 is 18.1 Å². The summed E-state index contributed by atoms with van der Waals surface area (Å²) in [6.07, 6.45) is 6.28. The van der Waals surface area contributed by atoms with Crippen LogP contribution in [0, 0.1) is 5.92 Å². The van der Waals surface area contributed by atoms with Gasteiger partial charge in [-0.3, -0.25) is 19.6 Å². The van der Waals surface area contributed by atoms with Crippen LogP contribution >= 0.6 is 0 Å². The summed E-state index contributed by atoms with van der Waals surface area (Å²) < 4.78 is 0. The predicted molar refractivity (Wildman–Crippen MR) is 137 cm³/mol. The third-order valence-corrected chi connectivity index (χ3v) is 6.16. The molecule has 9 nitrogen and oxygen atoms in total. The quantitative estimate of drug-likeness (QED) is 0.289. The molecule has 1 saturated heterocycles. The zero-order chi connectivity index (χ0) is 25.4. The number of benzene rings is 1. The van der Waals surface area contributed by atoms with Gasteiger partial charge in [0.05, 0.1) is 18.4 Å². The van der Waals surface area contributed by atoms with Crippen LogP contribution in [0.5, 0.6) is 0 Å². The Morgan fingerprint density at radius 1 is 1.26 bits per heavy atom. The van der Waals surface area contributed by atoms with E-state index in [1.807, 2.05) is 50.2 Å². The fourth-order valence-electron chi connectivity index (χ4n) is 4.16. The van der Waals surface area contributed by atoms with Gasteiger partial charge in [0.25, 0.3) is 0 Å². The van der Waals surface area contributed by atoms with Gasteiger partial charge in [0.2, 0.25) is 11.8 Å². The second-order valence-electron chi connectivity index (χ2n) is 9.03. The van der Waals surface area contributed by atoms with Crippen LogP contribution < -0.4 is 11.2 Å². The summed E-state index contributed by atoms with van der Waals surface area (Å²) in [5.41, 5.74) is 3.27. The lowest BCUT2D eigenvalue weighted by Crippen LogP contribution is -2.50. The van der Waals surface area contributed by atoms with E-state index in [2.05, 4.69) is 20.4 Å². The van der Waals surface area contributed by atoms with Crippen molar-refractivity contribution in [2.24, 2.45) is 21.9 Å². The topological polar surface area (TPSA) is 133 Å². The van der Waals surface area contributed by atoms with Crippen LogP contribution in [0.15, 0.2) is 58.9 Å². The predicted octanol–water partition coefficient (Wildman–Crippen LogP) is 2.32. The van der Waals surface area contributed by atoms with Gasteiger partial charge in [0, 0.05) is 25.2 Å². The number of aliphatic hydroxyl groups excluding tert-OH is 1. The van der Waals surface area contributed by atoms with Gasteiger partial charge in [-0.05, 0) is 48.4 Å². The number of nitrogens with two attached hydrogens (primary N) is 1. The minimum absolute atomic E-state index is 0.0582. The SMILES string of the molecule is CC(C=N[C@H](C(=O)N1CCC[C@H]1C(=O)N[C@@H](CO)c1ccc(-c2cccnc2)cc1)C(C)C)=NN. The highest BCUT2D eigenvalue weighted by molar-refractivity contribution is 6.29. The molecule has 9 heteroatoms. The number of hydrogen-bond donors (Lipinski definition) is 3. The van der Waals surface area contributed by atoms with Crippen molar-refractivity contribution in [3.05, 3.63) is 54.4 Å². The normalized spacial score (nSPS) is 18.1. The first kappa shape index (κ1) is 26.0. The smallest absolute Gasteiger partial charge is 0.248 e. The first-order valence-electron chi connectivity index (χ1n) is 11.9. The van der Waals surface area contributed by atoms with Crippen LogP contribution in [-0.2, 0) is 9.59 Å². The molecule has 0 aliphatic carbocycles. The average molecular weight is 479 g/mol. The van der Waals surface area contributed by atoms with Gasteiger partial charge >= 0.3 is 0 Å². The molecule has 1 fully saturated rings. The molecule has 2 aromatic rings. The highest BCUT2D eigenvalue weighted by atomic mass is 16.3. The molecule has 3 rings (SSSR count). The van der Waals surface area contributed by atoms with Gasteiger partial charge in [0.15, 0.2) is 0 Å². The Bertz CT molecular complexity index is 1050. The fraction of sp³-hybridized carbons (Fsp3) is 0.423. The molecular formula is C26H34N6O3. The molecule has 4 N–H and O–H groups in total. The van der Waals surface area contributed by atoms with E-state index >= 15 is 0 Å². The zero-order valence-corrected chi connectivity index (χ0v) is 20.5. The molecule has 35 heavy (non-hydrogen) atoms. The van der Waals surface area contributed by atoms with Crippen molar-refractivity contribution < 1.29 is 14.7 Å². The maximum atomic E-state index is 13.3. The maximum Gasteiger partial charge on any atom is 0.248 e. The summed E-state index contributed by atoms with van der Waals surface area (Å²) in [5.74, 6) is 4.73. The van der Waals surface area contributed by atoms with Crippen LogP contribution in [0.4, 0.5) is 0 Å². The van der Waals surface area contributed by atoms with E-state index in [1.54, 1.807) is 24.2 Å². The second kappa shape index (κ2) is 12.2. The minimum Gasteiger partial charge on any atom is -0.394 e. The Hall–Kier alpha value is -3.59. The number of hydrogen-bond acceptors (Lipinski definition) is 7. The number of nitrogens with zero attached hydrogens (tertiary/aromatic N) is 4. The Morgan fingerprint density at radius 3 is 2.60 bits per heavy atom. The number of rotatable bonds is 9. The number of pyridine rings is 1. The first-order chi connectivity index (χ1) is 16.8. The highest BCUT2D eigenvalue weighted by Crippen LogP contribution is 2.24. The van der Waals surface area contributed by atoms with Crippen molar-refractivity contribution in [1.82, 2.24) is 15.2 Å². The summed E-state index contributed by atoms with van der Waals surface area (Å²) in [5, 5.41) is 16.5. The average Bonchev–Trinajstić information content (AvgIpc) is 3.37. The zero-order valence-electron chi connectivity index (χ0n) is 20.5. The number of aliphatic hydroxyl groups is 1. The summed E-state index contributed by atoms with van der Waals surface area (Å²) >= 11 is 0. The molecule has 0 spiro atoms. The molecule has 186 valence electrons. The molecule has 1 aliphatic heterocycles. The van der Waals surface area contributed by atoms with Crippen LogP contribution in [0.3, 0.4) is 0 Å². The molecule has 2 heterocycles. The van der Waals surface area contributed by atoms with Crippen molar-refractivity contribution in [2.45, 2.75) is 51.7 Å². The minimum atomic E-state index is -0.631. The lowest BCUT2D eigenvalue weighted by molar-refractivity contribution is -0.140. The Kier molecular flexibility index (Phi) is 9.08. The lowest BCUT2D eigenvalue weighted by atomic mass is 10.0. The van der Waals surface area contributed by atoms with E-state index in [0.29, 0.717) is 18.7 Å². The Morgan fingerprint density at radius 2 is 2.00 bits per heavy atom. The number of likely N-dealkylation sites (tertiary alicyclic amines) is 1. The van der Waals surface area contributed by atoms with E-state index in [0.717, 1.165) is 23.1 Å². The number of nitrogens with one attached hydrogen (secondary N) is 1. The summed E-state index contributed by atoms with van der Waals surface area (Å²) in [6.45, 7) is 5.77. The molecule has 3 atom stereocenters. The van der Waals surface area contributed by atoms with Crippen molar-refractivity contribution in [2.75, 3.05) is 13.2 Å². The third kappa shape index (κ3) is 6.51. The van der Waals surface area contributed by atoms with Crippen molar-refractivity contribution in [3.63, 3.8) is 0 Å². The summed E-state index contributed by atoms with van der Waals surface area (Å²) in [7, 11) is 0. The Balaban J connectivity index is 1.71. The third-order valence-electron chi connectivity index (χ3n) is 6.16. The number of aromatic nitrogens is 1. The molecule has 1 aromatic carbocycles. The van der Waals surface area contributed by atoms with E-state index in [4.69, 9.17) is 5.84 Å².